The molecule has 0 aliphatic heterocycles. The van der Waals surface area contributed by atoms with Gasteiger partial charge in [-0.1, -0.05) is 31.5 Å². The van der Waals surface area contributed by atoms with Gasteiger partial charge < -0.3 is 15.8 Å². The fourth-order valence-electron chi connectivity index (χ4n) is 1.24. The summed E-state index contributed by atoms with van der Waals surface area (Å²) in [5, 5.41) is 3.77. The minimum atomic E-state index is -0.522. The molecule has 0 saturated heterocycles. The van der Waals surface area contributed by atoms with E-state index in [4.69, 9.17) is 22.1 Å². The summed E-state index contributed by atoms with van der Waals surface area (Å²) in [4.78, 5) is 10.6. The van der Waals surface area contributed by atoms with E-state index in [-0.39, 0.29) is 6.61 Å². The maximum atomic E-state index is 10.6. The predicted octanol–water partition coefficient (Wildman–Crippen LogP) is 1.70. The van der Waals surface area contributed by atoms with Gasteiger partial charge in [0, 0.05) is 12.6 Å². The Morgan fingerprint density at radius 1 is 1.53 bits per heavy atom. The van der Waals surface area contributed by atoms with Crippen molar-refractivity contribution in [3.63, 3.8) is 0 Å². The van der Waals surface area contributed by atoms with Gasteiger partial charge in [-0.25, -0.2) is 0 Å². The van der Waals surface area contributed by atoms with Crippen LogP contribution in [0, 0.1) is 0 Å². The summed E-state index contributed by atoms with van der Waals surface area (Å²) in [6.07, 6.45) is 0. The van der Waals surface area contributed by atoms with Crippen molar-refractivity contribution < 1.29 is 9.53 Å². The van der Waals surface area contributed by atoms with E-state index in [0.29, 0.717) is 16.8 Å². The molecule has 0 unspecified atom stereocenters. The number of carbonyl (C=O) groups is 1. The Bertz CT molecular complexity index is 394. The number of halogens is 1. The molecule has 1 aromatic carbocycles. The predicted molar refractivity (Wildman–Crippen MR) is 68.1 cm³/mol. The highest BCUT2D eigenvalue weighted by Gasteiger charge is 2.05. The van der Waals surface area contributed by atoms with E-state index in [2.05, 4.69) is 19.2 Å². The fourth-order valence-corrected chi connectivity index (χ4v) is 1.50. The van der Waals surface area contributed by atoms with Crippen LogP contribution in [0.15, 0.2) is 18.2 Å². The summed E-state index contributed by atoms with van der Waals surface area (Å²) in [5.41, 5.74) is 6.05. The highest BCUT2D eigenvalue weighted by atomic mass is 35.5. The van der Waals surface area contributed by atoms with Crippen molar-refractivity contribution in [3.8, 4) is 5.75 Å². The molecule has 0 aromatic heterocycles. The number of nitrogens with two attached hydrogens (primary N) is 1. The molecule has 0 radical (unpaired) electrons. The van der Waals surface area contributed by atoms with Crippen LogP contribution < -0.4 is 15.8 Å². The van der Waals surface area contributed by atoms with E-state index < -0.39 is 5.91 Å². The monoisotopic (exact) mass is 256 g/mol. The first-order valence-electron chi connectivity index (χ1n) is 5.42. The summed E-state index contributed by atoms with van der Waals surface area (Å²) in [7, 11) is 0. The molecule has 0 atom stereocenters. The fraction of sp³-hybridized carbons (Fsp3) is 0.417. The van der Waals surface area contributed by atoms with Gasteiger partial charge in [-0.05, 0) is 17.7 Å². The van der Waals surface area contributed by atoms with Gasteiger partial charge >= 0.3 is 0 Å². The number of nitrogens with one attached hydrogen (secondary N) is 1. The topological polar surface area (TPSA) is 64.3 Å². The normalized spacial score (nSPS) is 10.6. The molecule has 0 spiro atoms. The van der Waals surface area contributed by atoms with Crippen molar-refractivity contribution >= 4 is 17.5 Å². The number of hydrogen-bond acceptors (Lipinski definition) is 3. The Morgan fingerprint density at radius 3 is 2.76 bits per heavy atom. The van der Waals surface area contributed by atoms with Gasteiger partial charge in [0.25, 0.3) is 5.91 Å². The number of rotatable bonds is 6. The van der Waals surface area contributed by atoms with Crippen LogP contribution in [0.5, 0.6) is 5.75 Å². The summed E-state index contributed by atoms with van der Waals surface area (Å²) in [6, 6.07) is 5.87. The van der Waals surface area contributed by atoms with E-state index in [1.54, 1.807) is 6.07 Å². The largest absolute Gasteiger partial charge is 0.482 e. The SMILES string of the molecule is CC(C)NCc1ccc(OCC(N)=O)c(Cl)c1. The molecule has 0 aliphatic carbocycles. The first kappa shape index (κ1) is 13.8. The Hall–Kier alpha value is -1.26. The standard InChI is InChI=1S/C12H17ClN2O2/c1-8(2)15-6-9-3-4-11(10(13)5-9)17-7-12(14)16/h3-5,8,15H,6-7H2,1-2H3,(H2,14,16). The van der Waals surface area contributed by atoms with Gasteiger partial charge in [0.2, 0.25) is 0 Å². The average Bonchev–Trinajstić information content (AvgIpc) is 2.24. The van der Waals surface area contributed by atoms with E-state index in [1.165, 1.54) is 0 Å². The molecule has 94 valence electrons. The Kier molecular flexibility index (Phi) is 5.25. The third-order valence-corrected chi connectivity index (χ3v) is 2.38. The second-order valence-corrected chi connectivity index (χ2v) is 4.46. The zero-order valence-electron chi connectivity index (χ0n) is 10.00. The molecular weight excluding hydrogens is 240 g/mol. The molecule has 3 N–H and O–H groups in total. The van der Waals surface area contributed by atoms with Crippen LogP contribution in [0.2, 0.25) is 5.02 Å². The Balaban J connectivity index is 2.62. The Morgan fingerprint density at radius 2 is 2.24 bits per heavy atom. The highest BCUT2D eigenvalue weighted by molar-refractivity contribution is 6.32. The molecule has 17 heavy (non-hydrogen) atoms. The van der Waals surface area contributed by atoms with Gasteiger partial charge in [0.05, 0.1) is 5.02 Å². The number of ether oxygens (including phenoxy) is 1. The third-order valence-electron chi connectivity index (χ3n) is 2.08. The van der Waals surface area contributed by atoms with E-state index in [1.807, 2.05) is 12.1 Å². The lowest BCUT2D eigenvalue weighted by molar-refractivity contribution is -0.119. The smallest absolute Gasteiger partial charge is 0.255 e. The van der Waals surface area contributed by atoms with Gasteiger partial charge in [0.1, 0.15) is 5.75 Å². The van der Waals surface area contributed by atoms with Crippen molar-refractivity contribution in [2.45, 2.75) is 26.4 Å². The lowest BCUT2D eigenvalue weighted by Crippen LogP contribution is -2.22. The van der Waals surface area contributed by atoms with Crippen molar-refractivity contribution in [3.05, 3.63) is 28.8 Å². The van der Waals surface area contributed by atoms with Crippen LogP contribution in [0.25, 0.3) is 0 Å². The first-order valence-corrected chi connectivity index (χ1v) is 5.79. The number of primary amides is 1. The van der Waals surface area contributed by atoms with Crippen LogP contribution in [-0.4, -0.2) is 18.6 Å². The molecule has 5 heteroatoms. The summed E-state index contributed by atoms with van der Waals surface area (Å²) >= 11 is 6.02. The van der Waals surface area contributed by atoms with E-state index >= 15 is 0 Å². The molecule has 1 rings (SSSR count). The van der Waals surface area contributed by atoms with Gasteiger partial charge in [-0.2, -0.15) is 0 Å². The zero-order valence-corrected chi connectivity index (χ0v) is 10.8. The quantitative estimate of drug-likeness (QED) is 0.814. The number of benzene rings is 1. The maximum Gasteiger partial charge on any atom is 0.255 e. The van der Waals surface area contributed by atoms with Crippen LogP contribution in [0.3, 0.4) is 0 Å². The summed E-state index contributed by atoms with van der Waals surface area (Å²) in [6.45, 7) is 4.73. The molecule has 1 aromatic rings. The van der Waals surface area contributed by atoms with Gasteiger partial charge in [0.15, 0.2) is 6.61 Å². The molecule has 4 nitrogen and oxygen atoms in total. The molecule has 0 fully saturated rings. The maximum absolute atomic E-state index is 10.6. The number of carbonyl (C=O) groups excluding carboxylic acids is 1. The molecule has 0 heterocycles. The lowest BCUT2D eigenvalue weighted by atomic mass is 10.2. The van der Waals surface area contributed by atoms with Crippen LogP contribution in [0.1, 0.15) is 19.4 Å². The first-order chi connectivity index (χ1) is 7.99. The summed E-state index contributed by atoms with van der Waals surface area (Å²) in [5.74, 6) is -0.0506. The average molecular weight is 257 g/mol. The minimum absolute atomic E-state index is 0.163. The third kappa shape index (κ3) is 5.06. The van der Waals surface area contributed by atoms with Crippen LogP contribution in [-0.2, 0) is 11.3 Å². The highest BCUT2D eigenvalue weighted by Crippen LogP contribution is 2.25. The molecule has 1 amide bonds. The second-order valence-electron chi connectivity index (χ2n) is 4.06. The van der Waals surface area contributed by atoms with Crippen LogP contribution in [0.4, 0.5) is 0 Å². The van der Waals surface area contributed by atoms with E-state index in [0.717, 1.165) is 12.1 Å². The van der Waals surface area contributed by atoms with Crippen molar-refractivity contribution in [1.29, 1.82) is 0 Å². The molecular formula is C12H17ClN2O2. The second kappa shape index (κ2) is 6.47. The van der Waals surface area contributed by atoms with Crippen molar-refractivity contribution in [2.75, 3.05) is 6.61 Å². The number of amides is 1. The molecule has 0 saturated carbocycles. The molecule has 0 aliphatic rings. The zero-order chi connectivity index (χ0) is 12.8. The van der Waals surface area contributed by atoms with Gasteiger partial charge in [-0.3, -0.25) is 4.79 Å². The van der Waals surface area contributed by atoms with Crippen molar-refractivity contribution in [1.82, 2.24) is 5.32 Å². The minimum Gasteiger partial charge on any atom is -0.482 e. The molecule has 0 bridgehead atoms. The van der Waals surface area contributed by atoms with Crippen molar-refractivity contribution in [2.24, 2.45) is 5.73 Å². The lowest BCUT2D eigenvalue weighted by Gasteiger charge is -2.10. The summed E-state index contributed by atoms with van der Waals surface area (Å²) < 4.78 is 5.15. The van der Waals surface area contributed by atoms with Gasteiger partial charge in [-0.15, -0.1) is 0 Å². The van der Waals surface area contributed by atoms with E-state index in [9.17, 15) is 4.79 Å². The van der Waals surface area contributed by atoms with Crippen LogP contribution >= 0.6 is 11.6 Å². The number of hydrogen-bond donors (Lipinski definition) is 2. The Labute approximate surface area is 106 Å².